The highest BCUT2D eigenvalue weighted by atomic mass is 16.4. The number of amides is 1. The minimum atomic E-state index is -0.887. The molecule has 12 heavy (non-hydrogen) atoms. The van der Waals surface area contributed by atoms with Crippen LogP contribution in [0.25, 0.3) is 0 Å². The van der Waals surface area contributed by atoms with Crippen LogP contribution in [0.2, 0.25) is 0 Å². The fraction of sp³-hybridized carbons (Fsp3) is 0.750. The Morgan fingerprint density at radius 1 is 1.42 bits per heavy atom. The van der Waals surface area contributed by atoms with Crippen LogP contribution < -0.4 is 5.32 Å². The molecule has 4 heteroatoms. The maximum Gasteiger partial charge on any atom is 0.305 e. The van der Waals surface area contributed by atoms with Crippen molar-refractivity contribution >= 4 is 11.9 Å². The highest BCUT2D eigenvalue weighted by Crippen LogP contribution is 2.05. The Hall–Kier alpha value is -1.06. The van der Waals surface area contributed by atoms with E-state index < -0.39 is 5.97 Å². The van der Waals surface area contributed by atoms with Crippen LogP contribution in [0.3, 0.4) is 0 Å². The molecule has 0 unspecified atom stereocenters. The van der Waals surface area contributed by atoms with Gasteiger partial charge in [-0.05, 0) is 5.92 Å². The van der Waals surface area contributed by atoms with Crippen molar-refractivity contribution in [3.05, 3.63) is 0 Å². The lowest BCUT2D eigenvalue weighted by Gasteiger charge is -2.19. The molecule has 70 valence electrons. The van der Waals surface area contributed by atoms with E-state index >= 15 is 0 Å². The summed E-state index contributed by atoms with van der Waals surface area (Å²) in [5.41, 5.74) is 0. The van der Waals surface area contributed by atoms with Crippen molar-refractivity contribution in [2.75, 3.05) is 0 Å². The van der Waals surface area contributed by atoms with E-state index in [-0.39, 0.29) is 24.3 Å². The van der Waals surface area contributed by atoms with E-state index in [0.29, 0.717) is 0 Å². The molecule has 0 aliphatic carbocycles. The predicted octanol–water partition coefficient (Wildman–Crippen LogP) is 0.622. The van der Waals surface area contributed by atoms with Gasteiger partial charge in [-0.3, -0.25) is 9.59 Å². The fourth-order valence-electron chi connectivity index (χ4n) is 0.903. The zero-order valence-electron chi connectivity index (χ0n) is 7.63. The number of carbonyl (C=O) groups is 2. The van der Waals surface area contributed by atoms with Crippen LogP contribution in [0.5, 0.6) is 0 Å². The van der Waals surface area contributed by atoms with Crippen molar-refractivity contribution in [3.63, 3.8) is 0 Å². The average molecular weight is 173 g/mol. The largest absolute Gasteiger partial charge is 0.481 e. The second-order valence-corrected chi connectivity index (χ2v) is 3.15. The average Bonchev–Trinajstić information content (AvgIpc) is 1.83. The normalized spacial score (nSPS) is 12.7. The van der Waals surface area contributed by atoms with Crippen molar-refractivity contribution < 1.29 is 14.7 Å². The molecule has 0 spiro atoms. The van der Waals surface area contributed by atoms with Crippen molar-refractivity contribution in [2.24, 2.45) is 5.92 Å². The van der Waals surface area contributed by atoms with Gasteiger partial charge in [-0.25, -0.2) is 0 Å². The first kappa shape index (κ1) is 10.9. The molecule has 2 N–H and O–H groups in total. The summed E-state index contributed by atoms with van der Waals surface area (Å²) >= 11 is 0. The summed E-state index contributed by atoms with van der Waals surface area (Å²) in [5, 5.41) is 11.1. The van der Waals surface area contributed by atoms with E-state index in [1.54, 1.807) is 0 Å². The Bertz CT molecular complexity index is 161. The molecule has 0 saturated heterocycles. The maximum absolute atomic E-state index is 10.6. The molecule has 0 saturated carbocycles. The second-order valence-electron chi connectivity index (χ2n) is 3.15. The first-order chi connectivity index (χ1) is 5.43. The van der Waals surface area contributed by atoms with Crippen LogP contribution in [-0.2, 0) is 9.59 Å². The van der Waals surface area contributed by atoms with Gasteiger partial charge in [0, 0.05) is 13.0 Å². The summed E-state index contributed by atoms with van der Waals surface area (Å²) in [6, 6.07) is -0.264. The van der Waals surface area contributed by atoms with Crippen molar-refractivity contribution in [1.82, 2.24) is 5.32 Å². The lowest BCUT2D eigenvalue weighted by molar-refractivity contribution is -0.138. The minimum absolute atomic E-state index is 0.0166. The summed E-state index contributed by atoms with van der Waals surface area (Å²) in [5.74, 6) is -0.928. The summed E-state index contributed by atoms with van der Waals surface area (Å²) in [7, 11) is 0. The van der Waals surface area contributed by atoms with E-state index in [2.05, 4.69) is 5.32 Å². The van der Waals surface area contributed by atoms with Gasteiger partial charge >= 0.3 is 5.97 Å². The number of rotatable bonds is 4. The lowest BCUT2D eigenvalue weighted by Crippen LogP contribution is -2.38. The van der Waals surface area contributed by atoms with Gasteiger partial charge in [-0.2, -0.15) is 0 Å². The molecule has 0 aromatic rings. The van der Waals surface area contributed by atoms with Crippen LogP contribution in [0.15, 0.2) is 0 Å². The highest BCUT2D eigenvalue weighted by molar-refractivity contribution is 5.74. The number of hydrogen-bond donors (Lipinski definition) is 2. The SMILES string of the molecule is CC(=O)N[C@H](CC(=O)O)C(C)C. The Morgan fingerprint density at radius 3 is 2.17 bits per heavy atom. The number of carbonyl (C=O) groups excluding carboxylic acids is 1. The first-order valence-corrected chi connectivity index (χ1v) is 3.92. The van der Waals surface area contributed by atoms with E-state index in [0.717, 1.165) is 0 Å². The third-order valence-electron chi connectivity index (χ3n) is 1.59. The van der Waals surface area contributed by atoms with Gasteiger partial charge < -0.3 is 10.4 Å². The highest BCUT2D eigenvalue weighted by Gasteiger charge is 2.17. The zero-order valence-corrected chi connectivity index (χ0v) is 7.63. The Morgan fingerprint density at radius 2 is 1.92 bits per heavy atom. The molecule has 0 aromatic heterocycles. The van der Waals surface area contributed by atoms with Crippen LogP contribution >= 0.6 is 0 Å². The molecule has 1 amide bonds. The quantitative estimate of drug-likeness (QED) is 0.655. The fourth-order valence-corrected chi connectivity index (χ4v) is 0.903. The summed E-state index contributed by atoms with van der Waals surface area (Å²) < 4.78 is 0. The summed E-state index contributed by atoms with van der Waals surface area (Å²) in [6.07, 6.45) is -0.0166. The van der Waals surface area contributed by atoms with Gasteiger partial charge in [0.2, 0.25) is 5.91 Å². The number of nitrogens with one attached hydrogen (secondary N) is 1. The molecule has 0 rings (SSSR count). The molecular weight excluding hydrogens is 158 g/mol. The smallest absolute Gasteiger partial charge is 0.305 e. The molecule has 1 atom stereocenters. The standard InChI is InChI=1S/C8H15NO3/c1-5(2)7(4-8(11)12)9-6(3)10/h5,7H,4H2,1-3H3,(H,9,10)(H,11,12)/t7-/m1/s1. The molecule has 0 aromatic carbocycles. The van der Waals surface area contributed by atoms with Gasteiger partial charge in [0.05, 0.1) is 6.42 Å². The Balaban J connectivity index is 4.04. The lowest BCUT2D eigenvalue weighted by atomic mass is 10.0. The summed E-state index contributed by atoms with van der Waals surface area (Å²) in [4.78, 5) is 21.0. The Labute approximate surface area is 72.0 Å². The molecule has 4 nitrogen and oxygen atoms in total. The van der Waals surface area contributed by atoms with E-state index in [9.17, 15) is 9.59 Å². The number of carboxylic acid groups (broad SMARTS) is 1. The monoisotopic (exact) mass is 173 g/mol. The van der Waals surface area contributed by atoms with Crippen LogP contribution in [0.4, 0.5) is 0 Å². The zero-order chi connectivity index (χ0) is 9.72. The van der Waals surface area contributed by atoms with Crippen molar-refractivity contribution in [1.29, 1.82) is 0 Å². The van der Waals surface area contributed by atoms with Gasteiger partial charge in [-0.15, -0.1) is 0 Å². The van der Waals surface area contributed by atoms with E-state index in [1.165, 1.54) is 6.92 Å². The molecule has 0 heterocycles. The summed E-state index contributed by atoms with van der Waals surface area (Å²) in [6.45, 7) is 5.14. The number of aliphatic carboxylic acids is 1. The van der Waals surface area contributed by atoms with Crippen LogP contribution in [-0.4, -0.2) is 23.0 Å². The number of hydrogen-bond acceptors (Lipinski definition) is 2. The number of carboxylic acids is 1. The van der Waals surface area contributed by atoms with Gasteiger partial charge in [0.15, 0.2) is 0 Å². The van der Waals surface area contributed by atoms with E-state index in [1.807, 2.05) is 13.8 Å². The third kappa shape index (κ3) is 4.71. The molecule has 0 aliphatic heterocycles. The second kappa shape index (κ2) is 4.74. The maximum atomic E-state index is 10.6. The molecular formula is C8H15NO3. The van der Waals surface area contributed by atoms with Crippen LogP contribution in [0.1, 0.15) is 27.2 Å². The topological polar surface area (TPSA) is 66.4 Å². The molecule has 0 bridgehead atoms. The van der Waals surface area contributed by atoms with Gasteiger partial charge in [0.1, 0.15) is 0 Å². The molecule has 0 fully saturated rings. The first-order valence-electron chi connectivity index (χ1n) is 3.92. The van der Waals surface area contributed by atoms with Crippen molar-refractivity contribution in [3.8, 4) is 0 Å². The third-order valence-corrected chi connectivity index (χ3v) is 1.59. The Kier molecular flexibility index (Phi) is 4.33. The van der Waals surface area contributed by atoms with Gasteiger partial charge in [0.25, 0.3) is 0 Å². The molecule has 0 radical (unpaired) electrons. The minimum Gasteiger partial charge on any atom is -0.481 e. The molecule has 0 aliphatic rings. The van der Waals surface area contributed by atoms with Crippen molar-refractivity contribution in [2.45, 2.75) is 33.2 Å². The van der Waals surface area contributed by atoms with Crippen LogP contribution in [0, 0.1) is 5.92 Å². The van der Waals surface area contributed by atoms with E-state index in [4.69, 9.17) is 5.11 Å². The van der Waals surface area contributed by atoms with Gasteiger partial charge in [-0.1, -0.05) is 13.8 Å². The predicted molar refractivity (Wildman–Crippen MR) is 44.7 cm³/mol.